The summed E-state index contributed by atoms with van der Waals surface area (Å²) in [5.41, 5.74) is 2.14. The van der Waals surface area contributed by atoms with Crippen LogP contribution in [0.5, 0.6) is 0 Å². The van der Waals surface area contributed by atoms with Crippen LogP contribution in [-0.2, 0) is 12.8 Å². The Morgan fingerprint density at radius 1 is 1.30 bits per heavy atom. The second kappa shape index (κ2) is 5.95. The molecule has 4 nitrogen and oxygen atoms in total. The van der Waals surface area contributed by atoms with E-state index in [1.807, 2.05) is 35.9 Å². The molecule has 0 bridgehead atoms. The van der Waals surface area contributed by atoms with Crippen LogP contribution in [0.25, 0.3) is 10.6 Å². The topological polar surface area (TPSA) is 43.6 Å². The molecule has 0 unspecified atom stereocenters. The number of rotatable bonds is 4. The van der Waals surface area contributed by atoms with Crippen LogP contribution in [0.2, 0.25) is 5.02 Å². The van der Waals surface area contributed by atoms with Gasteiger partial charge in [-0.2, -0.15) is 0 Å². The molecule has 20 heavy (non-hydrogen) atoms. The first-order chi connectivity index (χ1) is 9.72. The molecule has 2 heterocycles. The van der Waals surface area contributed by atoms with Gasteiger partial charge in [-0.3, -0.25) is 0 Å². The lowest BCUT2D eigenvalue weighted by Gasteiger charge is -1.98. The zero-order chi connectivity index (χ0) is 13.9. The average Bonchev–Trinajstić information content (AvgIpc) is 3.06. The zero-order valence-electron chi connectivity index (χ0n) is 10.7. The van der Waals surface area contributed by atoms with E-state index in [1.54, 1.807) is 29.4 Å². The summed E-state index contributed by atoms with van der Waals surface area (Å²) in [7, 11) is 1.93. The van der Waals surface area contributed by atoms with Crippen LogP contribution in [0, 0.1) is 0 Å². The summed E-state index contributed by atoms with van der Waals surface area (Å²) in [6.07, 6.45) is 1.70. The minimum Gasteiger partial charge on any atom is -0.312 e. The predicted octanol–water partition coefficient (Wildman–Crippen LogP) is 3.88. The molecular formula is C13H11ClN4S2. The van der Waals surface area contributed by atoms with E-state index >= 15 is 0 Å². The molecule has 3 aromatic rings. The molecule has 0 aliphatic heterocycles. The van der Waals surface area contributed by atoms with Crippen LogP contribution >= 0.6 is 34.7 Å². The molecule has 102 valence electrons. The smallest absolute Gasteiger partial charge is 0.191 e. The normalized spacial score (nSPS) is 10.9. The molecule has 1 aromatic carbocycles. The van der Waals surface area contributed by atoms with Crippen molar-refractivity contribution < 1.29 is 0 Å². The summed E-state index contributed by atoms with van der Waals surface area (Å²) in [4.78, 5) is 4.64. The highest BCUT2D eigenvalue weighted by Crippen LogP contribution is 2.27. The van der Waals surface area contributed by atoms with Gasteiger partial charge in [0.05, 0.1) is 5.69 Å². The first-order valence-electron chi connectivity index (χ1n) is 5.89. The van der Waals surface area contributed by atoms with Gasteiger partial charge in [0.15, 0.2) is 5.16 Å². The average molecular weight is 323 g/mol. The second-order valence-corrected chi connectivity index (χ2v) is 6.40. The lowest BCUT2D eigenvalue weighted by Crippen LogP contribution is -1.90. The predicted molar refractivity (Wildman–Crippen MR) is 83.1 cm³/mol. The number of thioether (sulfide) groups is 1. The van der Waals surface area contributed by atoms with Crippen molar-refractivity contribution in [3.63, 3.8) is 0 Å². The number of aryl methyl sites for hydroxylation is 1. The third-order valence-electron chi connectivity index (χ3n) is 2.66. The zero-order valence-corrected chi connectivity index (χ0v) is 13.0. The maximum Gasteiger partial charge on any atom is 0.191 e. The van der Waals surface area contributed by atoms with E-state index in [4.69, 9.17) is 11.6 Å². The Kier molecular flexibility index (Phi) is 4.05. The van der Waals surface area contributed by atoms with E-state index in [-0.39, 0.29) is 0 Å². The minimum absolute atomic E-state index is 0.739. The first-order valence-corrected chi connectivity index (χ1v) is 8.14. The number of aromatic nitrogens is 4. The standard InChI is InChI=1S/C13H11ClN4S2/c1-18-8-15-17-13(18)20-7-11-6-19-12(16-11)9-2-4-10(14)5-3-9/h2-6,8H,7H2,1H3. The third-order valence-corrected chi connectivity index (χ3v) is 4.92. The molecule has 7 heteroatoms. The van der Waals surface area contributed by atoms with Gasteiger partial charge in [-0.15, -0.1) is 21.5 Å². The number of hydrogen-bond acceptors (Lipinski definition) is 5. The summed E-state index contributed by atoms with van der Waals surface area (Å²) in [6, 6.07) is 7.74. The molecule has 0 fully saturated rings. The molecule has 0 N–H and O–H groups in total. The first kappa shape index (κ1) is 13.6. The highest BCUT2D eigenvalue weighted by molar-refractivity contribution is 7.98. The van der Waals surface area contributed by atoms with Crippen LogP contribution in [0.15, 0.2) is 41.1 Å². The molecule has 2 aromatic heterocycles. The summed E-state index contributed by atoms with van der Waals surface area (Å²) >= 11 is 9.16. The highest BCUT2D eigenvalue weighted by atomic mass is 35.5. The molecule has 0 saturated carbocycles. The Labute approximate surface area is 129 Å². The summed E-state index contributed by atoms with van der Waals surface area (Å²) in [5.74, 6) is 0.788. The molecule has 0 atom stereocenters. The van der Waals surface area contributed by atoms with Crippen LogP contribution in [0.3, 0.4) is 0 Å². The monoisotopic (exact) mass is 322 g/mol. The molecule has 0 aliphatic rings. The lowest BCUT2D eigenvalue weighted by atomic mass is 10.2. The summed E-state index contributed by atoms with van der Waals surface area (Å²) < 4.78 is 1.90. The Hall–Kier alpha value is -1.37. The summed E-state index contributed by atoms with van der Waals surface area (Å²) in [6.45, 7) is 0. The largest absolute Gasteiger partial charge is 0.312 e. The van der Waals surface area contributed by atoms with Crippen LogP contribution in [-0.4, -0.2) is 19.7 Å². The van der Waals surface area contributed by atoms with Crippen molar-refractivity contribution in [2.75, 3.05) is 0 Å². The fraction of sp³-hybridized carbons (Fsp3) is 0.154. The lowest BCUT2D eigenvalue weighted by molar-refractivity contribution is 0.788. The van der Waals surface area contributed by atoms with Crippen molar-refractivity contribution in [2.45, 2.75) is 10.9 Å². The van der Waals surface area contributed by atoms with Gasteiger partial charge in [0.2, 0.25) is 0 Å². The van der Waals surface area contributed by atoms with E-state index in [2.05, 4.69) is 20.6 Å². The van der Waals surface area contributed by atoms with Gasteiger partial charge in [0, 0.05) is 28.8 Å². The van der Waals surface area contributed by atoms with Gasteiger partial charge >= 0.3 is 0 Å². The van der Waals surface area contributed by atoms with Crippen LogP contribution in [0.1, 0.15) is 5.69 Å². The molecule has 3 rings (SSSR count). The molecule has 0 saturated heterocycles. The minimum atomic E-state index is 0.739. The SMILES string of the molecule is Cn1cnnc1SCc1csc(-c2ccc(Cl)cc2)n1. The molecule has 0 radical (unpaired) electrons. The van der Waals surface area contributed by atoms with Crippen molar-refractivity contribution in [2.24, 2.45) is 7.05 Å². The van der Waals surface area contributed by atoms with Gasteiger partial charge in [0.1, 0.15) is 11.3 Å². The Morgan fingerprint density at radius 3 is 2.80 bits per heavy atom. The number of nitrogens with zero attached hydrogens (tertiary/aromatic N) is 4. The fourth-order valence-corrected chi connectivity index (χ4v) is 3.48. The number of benzene rings is 1. The van der Waals surface area contributed by atoms with Crippen LogP contribution < -0.4 is 0 Å². The van der Waals surface area contributed by atoms with Crippen molar-refractivity contribution in [3.8, 4) is 10.6 Å². The van der Waals surface area contributed by atoms with E-state index in [9.17, 15) is 0 Å². The van der Waals surface area contributed by atoms with Crippen molar-refractivity contribution >= 4 is 34.7 Å². The maximum atomic E-state index is 5.89. The molecular weight excluding hydrogens is 312 g/mol. The molecule has 0 amide bonds. The Balaban J connectivity index is 1.71. The molecule has 0 spiro atoms. The number of hydrogen-bond donors (Lipinski definition) is 0. The van der Waals surface area contributed by atoms with Gasteiger partial charge < -0.3 is 4.57 Å². The van der Waals surface area contributed by atoms with Crippen molar-refractivity contribution in [1.82, 2.24) is 19.7 Å². The highest BCUT2D eigenvalue weighted by Gasteiger charge is 2.07. The van der Waals surface area contributed by atoms with Gasteiger partial charge in [-0.1, -0.05) is 35.5 Å². The van der Waals surface area contributed by atoms with E-state index in [0.717, 1.165) is 32.2 Å². The van der Waals surface area contributed by atoms with Crippen LogP contribution in [0.4, 0.5) is 0 Å². The number of halogens is 1. The van der Waals surface area contributed by atoms with Gasteiger partial charge in [-0.25, -0.2) is 4.98 Å². The van der Waals surface area contributed by atoms with Crippen molar-refractivity contribution in [3.05, 3.63) is 46.7 Å². The fourth-order valence-electron chi connectivity index (χ4n) is 1.64. The number of thiazole rings is 1. The van der Waals surface area contributed by atoms with E-state index in [0.29, 0.717) is 0 Å². The Bertz CT molecular complexity index is 705. The van der Waals surface area contributed by atoms with Crippen molar-refractivity contribution in [1.29, 1.82) is 0 Å². The summed E-state index contributed by atoms with van der Waals surface area (Å²) in [5, 5.41) is 12.6. The quantitative estimate of drug-likeness (QED) is 0.684. The third kappa shape index (κ3) is 3.03. The maximum absolute atomic E-state index is 5.89. The Morgan fingerprint density at radius 2 is 2.10 bits per heavy atom. The second-order valence-electron chi connectivity index (χ2n) is 4.16. The van der Waals surface area contributed by atoms with E-state index in [1.165, 1.54) is 0 Å². The van der Waals surface area contributed by atoms with Gasteiger partial charge in [0.25, 0.3) is 0 Å². The molecule has 0 aliphatic carbocycles. The van der Waals surface area contributed by atoms with Gasteiger partial charge in [-0.05, 0) is 12.1 Å². The van der Waals surface area contributed by atoms with E-state index < -0.39 is 0 Å².